The minimum Gasteiger partial charge on any atom is -0.502 e. The van der Waals surface area contributed by atoms with Gasteiger partial charge < -0.3 is 10.0 Å². The Morgan fingerprint density at radius 1 is 0.919 bits per heavy atom. The van der Waals surface area contributed by atoms with Crippen LogP contribution in [0.5, 0.6) is 5.75 Å². The summed E-state index contributed by atoms with van der Waals surface area (Å²) >= 11 is 0. The van der Waals surface area contributed by atoms with Gasteiger partial charge in [0.25, 0.3) is 5.91 Å². The number of likely N-dealkylation sites (tertiary alicyclic amines) is 1. The number of pyridine rings is 1. The maximum Gasteiger partial charge on any atom is 0.278 e. The van der Waals surface area contributed by atoms with Crippen LogP contribution in [-0.2, 0) is 12.8 Å². The Hall–Kier alpha value is -3.29. The number of aromatic hydroxyl groups is 1. The standard InChI is InChI=1S/C29H32N4O3.ClH/c1-19(2)30-15-13-22(17-30)31-18-33(32-16-14-25(34)28(35)27(32)29(31)36)26-23-9-5-3-7-20(23)11-12-21-8-4-6-10-24(21)26;/h3-10,14,16,19,22,26,35H,11-13,15,17-18H2,1-2H3;1H/t22-;/m1./s1. The van der Waals surface area contributed by atoms with Gasteiger partial charge in [-0.25, -0.2) is 0 Å². The lowest BCUT2D eigenvalue weighted by Crippen LogP contribution is -2.58. The molecule has 194 valence electrons. The first kappa shape index (κ1) is 25.4. The number of hydrogen-bond acceptors (Lipinski definition) is 5. The Kier molecular flexibility index (Phi) is 6.77. The molecule has 1 saturated heterocycles. The lowest BCUT2D eigenvalue weighted by Gasteiger charge is -2.46. The van der Waals surface area contributed by atoms with Gasteiger partial charge in [-0.1, -0.05) is 48.5 Å². The highest BCUT2D eigenvalue weighted by Gasteiger charge is 2.42. The van der Waals surface area contributed by atoms with Crippen molar-refractivity contribution >= 4 is 18.3 Å². The van der Waals surface area contributed by atoms with E-state index in [2.05, 4.69) is 72.3 Å². The second-order valence-corrected chi connectivity index (χ2v) is 10.4. The van der Waals surface area contributed by atoms with Crippen LogP contribution < -0.4 is 10.4 Å². The number of carbonyl (C=O) groups excluding carboxylic acids is 1. The quantitative estimate of drug-likeness (QED) is 0.570. The van der Waals surface area contributed by atoms with E-state index in [0.717, 1.165) is 32.4 Å². The molecule has 1 fully saturated rings. The van der Waals surface area contributed by atoms with Gasteiger partial charge in [-0.15, -0.1) is 12.4 Å². The van der Waals surface area contributed by atoms with Crippen LogP contribution in [0, 0.1) is 0 Å². The summed E-state index contributed by atoms with van der Waals surface area (Å²) in [5.74, 6) is -0.765. The van der Waals surface area contributed by atoms with Gasteiger partial charge in [0.05, 0.1) is 6.04 Å². The molecule has 7 nitrogen and oxygen atoms in total. The first-order valence-electron chi connectivity index (χ1n) is 12.9. The Balaban J connectivity index is 0.00000280. The molecule has 0 radical (unpaired) electrons. The highest BCUT2D eigenvalue weighted by atomic mass is 35.5. The van der Waals surface area contributed by atoms with Crippen LogP contribution in [0.2, 0.25) is 0 Å². The SMILES string of the molecule is CC(C)N1CC[C@@H](N2CN(C3c4ccccc4CCc4ccccc43)n3ccc(=O)c(O)c3C2=O)C1.Cl. The highest BCUT2D eigenvalue weighted by molar-refractivity contribution is 5.96. The maximum atomic E-state index is 13.8. The number of aromatic nitrogens is 1. The van der Waals surface area contributed by atoms with Crippen LogP contribution in [-0.4, -0.2) is 57.3 Å². The molecule has 1 amide bonds. The molecule has 6 rings (SSSR count). The lowest BCUT2D eigenvalue weighted by molar-refractivity contribution is 0.0590. The van der Waals surface area contributed by atoms with Crippen molar-refractivity contribution in [1.29, 1.82) is 0 Å². The Bertz CT molecular complexity index is 1340. The second kappa shape index (κ2) is 9.88. The third kappa shape index (κ3) is 4.20. The zero-order valence-electron chi connectivity index (χ0n) is 21.2. The van der Waals surface area contributed by atoms with Crippen molar-refractivity contribution in [2.45, 2.75) is 51.2 Å². The van der Waals surface area contributed by atoms with E-state index in [1.165, 1.54) is 28.3 Å². The number of halogens is 1. The molecule has 3 aliphatic rings. The predicted molar refractivity (Wildman–Crippen MR) is 146 cm³/mol. The molecule has 1 aliphatic carbocycles. The van der Waals surface area contributed by atoms with Crippen LogP contribution >= 0.6 is 12.4 Å². The summed E-state index contributed by atoms with van der Waals surface area (Å²) in [5.41, 5.74) is 4.46. The minimum atomic E-state index is -0.534. The van der Waals surface area contributed by atoms with Crippen molar-refractivity contribution < 1.29 is 9.90 Å². The van der Waals surface area contributed by atoms with Crippen molar-refractivity contribution in [1.82, 2.24) is 14.5 Å². The van der Waals surface area contributed by atoms with E-state index in [-0.39, 0.29) is 36.1 Å². The summed E-state index contributed by atoms with van der Waals surface area (Å²) in [6.07, 6.45) is 4.38. The molecule has 0 spiro atoms. The maximum absolute atomic E-state index is 13.8. The van der Waals surface area contributed by atoms with Gasteiger partial charge in [0.1, 0.15) is 6.67 Å². The van der Waals surface area contributed by atoms with Gasteiger partial charge in [0.2, 0.25) is 5.43 Å². The number of rotatable bonds is 3. The number of hydrogen-bond donors (Lipinski definition) is 1. The molecular weight excluding hydrogens is 488 g/mol. The molecule has 3 aromatic rings. The number of carbonyl (C=O) groups is 1. The predicted octanol–water partition coefficient (Wildman–Crippen LogP) is 3.70. The zero-order chi connectivity index (χ0) is 25.0. The molecule has 0 unspecified atom stereocenters. The number of fused-ring (bicyclic) bond motifs is 3. The topological polar surface area (TPSA) is 69.0 Å². The van der Waals surface area contributed by atoms with Crippen LogP contribution in [0.4, 0.5) is 0 Å². The first-order chi connectivity index (χ1) is 17.4. The van der Waals surface area contributed by atoms with Gasteiger partial charge in [-0.05, 0) is 55.4 Å². The largest absolute Gasteiger partial charge is 0.502 e. The van der Waals surface area contributed by atoms with Crippen LogP contribution in [0.3, 0.4) is 0 Å². The van der Waals surface area contributed by atoms with Gasteiger partial charge in [-0.3, -0.25) is 24.2 Å². The average molecular weight is 521 g/mol. The first-order valence-corrected chi connectivity index (χ1v) is 12.9. The molecule has 3 heterocycles. The van der Waals surface area contributed by atoms with E-state index < -0.39 is 11.2 Å². The van der Waals surface area contributed by atoms with Crippen LogP contribution in [0.1, 0.15) is 59.1 Å². The van der Waals surface area contributed by atoms with Gasteiger partial charge >= 0.3 is 0 Å². The fraction of sp³-hybridized carbons (Fsp3) is 0.379. The fourth-order valence-corrected chi connectivity index (χ4v) is 6.15. The van der Waals surface area contributed by atoms with Gasteiger partial charge in [0, 0.05) is 37.4 Å². The normalized spacial score (nSPS) is 19.8. The summed E-state index contributed by atoms with van der Waals surface area (Å²) in [7, 11) is 0. The molecule has 1 atom stereocenters. The molecule has 2 aromatic carbocycles. The van der Waals surface area contributed by atoms with E-state index in [0.29, 0.717) is 12.7 Å². The molecule has 0 saturated carbocycles. The van der Waals surface area contributed by atoms with Crippen molar-refractivity contribution in [3.8, 4) is 5.75 Å². The number of amides is 1. The van der Waals surface area contributed by atoms with Gasteiger partial charge in [-0.2, -0.15) is 0 Å². The summed E-state index contributed by atoms with van der Waals surface area (Å²) in [5, 5.41) is 13.0. The molecule has 1 N–H and O–H groups in total. The highest BCUT2D eigenvalue weighted by Crippen LogP contribution is 2.38. The van der Waals surface area contributed by atoms with Crippen molar-refractivity contribution in [2.75, 3.05) is 24.8 Å². The van der Waals surface area contributed by atoms with Crippen LogP contribution in [0.15, 0.2) is 65.6 Å². The van der Waals surface area contributed by atoms with Gasteiger partial charge in [0.15, 0.2) is 11.4 Å². The number of nitrogens with zero attached hydrogens (tertiary/aromatic N) is 4. The average Bonchev–Trinajstić information content (AvgIpc) is 3.31. The molecule has 8 heteroatoms. The smallest absolute Gasteiger partial charge is 0.278 e. The molecule has 1 aromatic heterocycles. The molecule has 0 bridgehead atoms. The molecule has 37 heavy (non-hydrogen) atoms. The molecule has 2 aliphatic heterocycles. The Labute approximate surface area is 223 Å². The van der Waals surface area contributed by atoms with Crippen molar-refractivity contribution in [3.63, 3.8) is 0 Å². The third-order valence-corrected chi connectivity index (χ3v) is 8.12. The fourth-order valence-electron chi connectivity index (χ4n) is 6.15. The zero-order valence-corrected chi connectivity index (χ0v) is 22.0. The summed E-state index contributed by atoms with van der Waals surface area (Å²) < 4.78 is 1.72. The summed E-state index contributed by atoms with van der Waals surface area (Å²) in [4.78, 5) is 30.5. The molecular formula is C29H33ClN4O3. The van der Waals surface area contributed by atoms with E-state index in [1.54, 1.807) is 10.9 Å². The van der Waals surface area contributed by atoms with Crippen LogP contribution in [0.25, 0.3) is 0 Å². The number of aryl methyl sites for hydroxylation is 2. The van der Waals surface area contributed by atoms with E-state index in [9.17, 15) is 14.7 Å². The number of benzene rings is 2. The van der Waals surface area contributed by atoms with E-state index in [4.69, 9.17) is 0 Å². The summed E-state index contributed by atoms with van der Waals surface area (Å²) in [6, 6.07) is 18.6. The van der Waals surface area contributed by atoms with E-state index in [1.807, 2.05) is 4.90 Å². The Morgan fingerprint density at radius 2 is 1.54 bits per heavy atom. The second-order valence-electron chi connectivity index (χ2n) is 10.4. The summed E-state index contributed by atoms with van der Waals surface area (Å²) in [6.45, 7) is 6.43. The van der Waals surface area contributed by atoms with Crippen molar-refractivity contribution in [3.05, 3.63) is 99.0 Å². The minimum absolute atomic E-state index is 0. The third-order valence-electron chi connectivity index (χ3n) is 8.12. The van der Waals surface area contributed by atoms with Crippen molar-refractivity contribution in [2.24, 2.45) is 0 Å². The Morgan fingerprint density at radius 3 is 2.14 bits per heavy atom. The monoisotopic (exact) mass is 520 g/mol. The lowest BCUT2D eigenvalue weighted by atomic mass is 9.94. The van der Waals surface area contributed by atoms with E-state index >= 15 is 0 Å².